The Morgan fingerprint density at radius 2 is 1.87 bits per heavy atom. The number of carbonyl (C=O) groups excluding carboxylic acids is 1. The number of aromatic amines is 1. The molecule has 6 rings (SSSR count). The lowest BCUT2D eigenvalue weighted by Gasteiger charge is -2.36. The molecule has 1 unspecified atom stereocenters. The van der Waals surface area contributed by atoms with Crippen LogP contribution in [0, 0.1) is 0 Å². The molecule has 1 aliphatic heterocycles. The maximum atomic E-state index is 13.8. The van der Waals surface area contributed by atoms with Crippen LogP contribution in [0.25, 0.3) is 10.9 Å². The number of hydrogen-bond donors (Lipinski definition) is 1. The number of amides is 1. The molecule has 39 heavy (non-hydrogen) atoms. The molecule has 1 aliphatic rings. The summed E-state index contributed by atoms with van der Waals surface area (Å²) in [5.41, 5.74) is 4.85. The number of halogens is 1. The fourth-order valence-corrected chi connectivity index (χ4v) is 5.41. The first kappa shape index (κ1) is 25.0. The van der Waals surface area contributed by atoms with Gasteiger partial charge in [0.25, 0.3) is 5.91 Å². The monoisotopic (exact) mass is 541 g/mol. The smallest absolute Gasteiger partial charge is 0.254 e. The molecule has 0 aliphatic carbocycles. The van der Waals surface area contributed by atoms with E-state index in [9.17, 15) is 4.79 Å². The zero-order valence-electron chi connectivity index (χ0n) is 21.5. The molecule has 0 fully saturated rings. The molecule has 1 amide bonds. The minimum Gasteiger partial charge on any atom is -0.497 e. The Labute approximate surface area is 231 Å². The van der Waals surface area contributed by atoms with Crippen LogP contribution in [-0.2, 0) is 13.0 Å². The van der Waals surface area contributed by atoms with Gasteiger partial charge in [0.1, 0.15) is 24.2 Å². The third-order valence-electron chi connectivity index (χ3n) is 7.15. The van der Waals surface area contributed by atoms with Gasteiger partial charge >= 0.3 is 0 Å². The first-order valence-electron chi connectivity index (χ1n) is 12.9. The molecule has 5 aromatic rings. The van der Waals surface area contributed by atoms with E-state index in [2.05, 4.69) is 15.1 Å². The predicted molar refractivity (Wildman–Crippen MR) is 149 cm³/mol. The largest absolute Gasteiger partial charge is 0.497 e. The Kier molecular flexibility index (Phi) is 6.94. The highest BCUT2D eigenvalue weighted by Crippen LogP contribution is 2.40. The number of H-pyrrole nitrogens is 1. The maximum Gasteiger partial charge on any atom is 0.254 e. The van der Waals surface area contributed by atoms with Gasteiger partial charge in [-0.2, -0.15) is 5.10 Å². The summed E-state index contributed by atoms with van der Waals surface area (Å²) in [6.07, 6.45) is 4.78. The molecule has 1 atom stereocenters. The zero-order valence-corrected chi connectivity index (χ0v) is 22.3. The Hall–Kier alpha value is -4.30. The topological polar surface area (TPSA) is 85.3 Å². The average molecular weight is 542 g/mol. The van der Waals surface area contributed by atoms with E-state index in [1.807, 2.05) is 71.6 Å². The van der Waals surface area contributed by atoms with Gasteiger partial charge < -0.3 is 19.4 Å². The van der Waals surface area contributed by atoms with Gasteiger partial charge in [-0.25, -0.2) is 4.98 Å². The highest BCUT2D eigenvalue weighted by Gasteiger charge is 2.35. The summed E-state index contributed by atoms with van der Waals surface area (Å²) in [7, 11) is 1.62. The summed E-state index contributed by atoms with van der Waals surface area (Å²) in [5, 5.41) is 5.92. The van der Waals surface area contributed by atoms with E-state index in [4.69, 9.17) is 21.1 Å². The van der Waals surface area contributed by atoms with Crippen LogP contribution in [-0.4, -0.2) is 50.8 Å². The van der Waals surface area contributed by atoms with E-state index in [1.54, 1.807) is 18.1 Å². The van der Waals surface area contributed by atoms with Crippen LogP contribution in [0.4, 0.5) is 0 Å². The number of ether oxygens (including phenoxy) is 2. The van der Waals surface area contributed by atoms with E-state index in [-0.39, 0.29) is 11.9 Å². The molecule has 1 N–H and O–H groups in total. The van der Waals surface area contributed by atoms with Crippen molar-refractivity contribution in [2.24, 2.45) is 0 Å². The number of aryl methyl sites for hydroxylation is 1. The second-order valence-corrected chi connectivity index (χ2v) is 9.95. The van der Waals surface area contributed by atoms with Gasteiger partial charge in [0.05, 0.1) is 19.8 Å². The number of aromatic nitrogens is 4. The van der Waals surface area contributed by atoms with Crippen LogP contribution in [0.5, 0.6) is 11.5 Å². The van der Waals surface area contributed by atoms with Crippen molar-refractivity contribution in [1.82, 2.24) is 24.6 Å². The molecule has 3 aromatic carbocycles. The minimum atomic E-state index is -0.282. The normalized spacial score (nSPS) is 14.8. The van der Waals surface area contributed by atoms with Gasteiger partial charge in [-0.3, -0.25) is 9.48 Å². The van der Waals surface area contributed by atoms with Crippen molar-refractivity contribution in [2.45, 2.75) is 25.4 Å². The lowest BCUT2D eigenvalue weighted by atomic mass is 9.91. The fraction of sp³-hybridized carbons (Fsp3) is 0.233. The van der Waals surface area contributed by atoms with Crippen molar-refractivity contribution in [3.8, 4) is 11.5 Å². The Balaban J connectivity index is 1.29. The van der Waals surface area contributed by atoms with Gasteiger partial charge in [-0.15, -0.1) is 0 Å². The summed E-state index contributed by atoms with van der Waals surface area (Å²) in [6.45, 7) is 1.90. The van der Waals surface area contributed by atoms with Crippen molar-refractivity contribution in [1.29, 1.82) is 0 Å². The SMILES string of the molecule is COc1ccc(C(=O)N2CCc3c([nH]c4ccc(Cl)cc34)C2c2ccc(OCCCn3cncn3)cc2)cc1. The Morgan fingerprint density at radius 1 is 1.08 bits per heavy atom. The lowest BCUT2D eigenvalue weighted by molar-refractivity contribution is 0.0692. The molecule has 8 nitrogen and oxygen atoms in total. The van der Waals surface area contributed by atoms with Crippen molar-refractivity contribution < 1.29 is 14.3 Å². The van der Waals surface area contributed by atoms with Crippen LogP contribution in [0.1, 0.15) is 39.6 Å². The maximum absolute atomic E-state index is 13.8. The molecule has 0 radical (unpaired) electrons. The van der Waals surface area contributed by atoms with E-state index in [1.165, 1.54) is 11.9 Å². The van der Waals surface area contributed by atoms with Crippen LogP contribution in [0.3, 0.4) is 0 Å². The van der Waals surface area contributed by atoms with E-state index in [0.717, 1.165) is 47.3 Å². The molecule has 0 saturated carbocycles. The number of nitrogens with one attached hydrogen (secondary N) is 1. The molecule has 3 heterocycles. The second-order valence-electron chi connectivity index (χ2n) is 9.52. The van der Waals surface area contributed by atoms with Gasteiger partial charge in [0.2, 0.25) is 0 Å². The first-order chi connectivity index (χ1) is 19.1. The quantitative estimate of drug-likeness (QED) is 0.255. The second kappa shape index (κ2) is 10.8. The molecule has 198 valence electrons. The van der Waals surface area contributed by atoms with Crippen molar-refractivity contribution in [2.75, 3.05) is 20.3 Å². The van der Waals surface area contributed by atoms with E-state index >= 15 is 0 Å². The number of benzene rings is 3. The first-order valence-corrected chi connectivity index (χ1v) is 13.3. The summed E-state index contributed by atoms with van der Waals surface area (Å²) in [5.74, 6) is 1.47. The molecule has 0 bridgehead atoms. The van der Waals surface area contributed by atoms with Gasteiger partial charge in [0, 0.05) is 46.7 Å². The van der Waals surface area contributed by atoms with E-state index in [0.29, 0.717) is 29.5 Å². The third kappa shape index (κ3) is 5.07. The number of nitrogens with zero attached hydrogens (tertiary/aromatic N) is 4. The lowest BCUT2D eigenvalue weighted by Crippen LogP contribution is -2.40. The number of carbonyl (C=O) groups is 1. The summed E-state index contributed by atoms with van der Waals surface area (Å²) in [6, 6.07) is 20.9. The third-order valence-corrected chi connectivity index (χ3v) is 7.38. The standard InChI is InChI=1S/C30H28ClN5O3/c1-38-23-8-5-21(6-9-23)30(37)36-15-13-25-26-17-22(31)7-12-27(26)34-28(25)29(36)20-3-10-24(11-4-20)39-16-2-14-35-19-32-18-33-35/h3-12,17-19,29,34H,2,13-16H2,1H3. The molecular formula is C30H28ClN5O3. The number of rotatable bonds is 8. The molecular weight excluding hydrogens is 514 g/mol. The number of hydrogen-bond acceptors (Lipinski definition) is 5. The molecule has 2 aromatic heterocycles. The summed E-state index contributed by atoms with van der Waals surface area (Å²) >= 11 is 6.34. The number of methoxy groups -OCH3 is 1. The van der Waals surface area contributed by atoms with Crippen molar-refractivity contribution in [3.05, 3.63) is 107 Å². The van der Waals surface area contributed by atoms with E-state index < -0.39 is 0 Å². The Bertz CT molecular complexity index is 1580. The average Bonchev–Trinajstić information content (AvgIpc) is 3.63. The molecule has 0 saturated heterocycles. The predicted octanol–water partition coefficient (Wildman–Crippen LogP) is 5.68. The highest BCUT2D eigenvalue weighted by molar-refractivity contribution is 6.31. The zero-order chi connectivity index (χ0) is 26.8. The van der Waals surface area contributed by atoms with Gasteiger partial charge in [-0.1, -0.05) is 23.7 Å². The Morgan fingerprint density at radius 3 is 2.62 bits per heavy atom. The minimum absolute atomic E-state index is 0.0292. The van der Waals surface area contributed by atoms with Crippen LogP contribution >= 0.6 is 11.6 Å². The fourth-order valence-electron chi connectivity index (χ4n) is 5.24. The summed E-state index contributed by atoms with van der Waals surface area (Å²) < 4.78 is 13.0. The summed E-state index contributed by atoms with van der Waals surface area (Å²) in [4.78, 5) is 23.3. The van der Waals surface area contributed by atoms with Gasteiger partial charge in [-0.05, 0) is 72.1 Å². The van der Waals surface area contributed by atoms with Crippen LogP contribution < -0.4 is 9.47 Å². The molecule has 9 heteroatoms. The van der Waals surface area contributed by atoms with Crippen LogP contribution in [0.2, 0.25) is 5.02 Å². The molecule has 0 spiro atoms. The number of fused-ring (bicyclic) bond motifs is 3. The van der Waals surface area contributed by atoms with Crippen LogP contribution in [0.15, 0.2) is 79.4 Å². The van der Waals surface area contributed by atoms with Crippen molar-refractivity contribution in [3.63, 3.8) is 0 Å². The van der Waals surface area contributed by atoms with Gasteiger partial charge in [0.15, 0.2) is 0 Å². The van der Waals surface area contributed by atoms with Crippen molar-refractivity contribution >= 4 is 28.4 Å². The highest BCUT2D eigenvalue weighted by atomic mass is 35.5.